The van der Waals surface area contributed by atoms with E-state index in [2.05, 4.69) is 15.3 Å². The zero-order valence-corrected chi connectivity index (χ0v) is 12.5. The number of alkyl halides is 4. The SMILES string of the molecule is O=C(N/N=C/c1cccc(OC(F)(F)C(F)F)c1)c1ccc(O)cc1. The van der Waals surface area contributed by atoms with E-state index >= 15 is 0 Å². The summed E-state index contributed by atoms with van der Waals surface area (Å²) in [6.07, 6.45) is -7.44. The summed E-state index contributed by atoms with van der Waals surface area (Å²) in [5.41, 5.74) is 2.68. The van der Waals surface area contributed by atoms with E-state index in [0.717, 1.165) is 18.3 Å². The number of hydrogen-bond acceptors (Lipinski definition) is 4. The molecule has 0 spiro atoms. The first-order valence-corrected chi connectivity index (χ1v) is 6.85. The number of hydrazone groups is 1. The number of halogens is 4. The lowest BCUT2D eigenvalue weighted by molar-refractivity contribution is -0.253. The van der Waals surface area contributed by atoms with E-state index < -0.39 is 24.2 Å². The molecule has 0 aliphatic heterocycles. The van der Waals surface area contributed by atoms with Crippen molar-refractivity contribution in [3.05, 3.63) is 59.7 Å². The van der Waals surface area contributed by atoms with Crippen LogP contribution in [0.5, 0.6) is 11.5 Å². The number of carbonyl (C=O) groups excluding carboxylic acids is 1. The van der Waals surface area contributed by atoms with Crippen molar-refractivity contribution in [2.24, 2.45) is 5.10 Å². The van der Waals surface area contributed by atoms with E-state index in [9.17, 15) is 22.4 Å². The summed E-state index contributed by atoms with van der Waals surface area (Å²) in [7, 11) is 0. The van der Waals surface area contributed by atoms with Crippen molar-refractivity contribution >= 4 is 12.1 Å². The number of nitrogens with zero attached hydrogens (tertiary/aromatic N) is 1. The summed E-state index contributed by atoms with van der Waals surface area (Å²) in [6, 6.07) is 10.3. The fraction of sp³-hybridized carbons (Fsp3) is 0.125. The van der Waals surface area contributed by atoms with Crippen LogP contribution in [0.2, 0.25) is 0 Å². The average Bonchev–Trinajstić information content (AvgIpc) is 2.55. The summed E-state index contributed by atoms with van der Waals surface area (Å²) in [5, 5.41) is 12.8. The van der Waals surface area contributed by atoms with Gasteiger partial charge in [-0.1, -0.05) is 12.1 Å². The third-order valence-electron chi connectivity index (χ3n) is 2.88. The Morgan fingerprint density at radius 3 is 2.52 bits per heavy atom. The van der Waals surface area contributed by atoms with Gasteiger partial charge in [0.1, 0.15) is 11.5 Å². The Morgan fingerprint density at radius 2 is 1.88 bits per heavy atom. The second kappa shape index (κ2) is 7.65. The normalized spacial score (nSPS) is 11.7. The Balaban J connectivity index is 2.00. The second-order valence-corrected chi connectivity index (χ2v) is 4.78. The molecule has 0 saturated carbocycles. The number of amides is 1. The number of ether oxygens (including phenoxy) is 1. The number of carbonyl (C=O) groups is 1. The number of nitrogens with one attached hydrogen (secondary N) is 1. The molecule has 9 heteroatoms. The third-order valence-corrected chi connectivity index (χ3v) is 2.88. The molecule has 2 rings (SSSR count). The fourth-order valence-corrected chi connectivity index (χ4v) is 1.70. The van der Waals surface area contributed by atoms with Crippen LogP contribution in [-0.2, 0) is 0 Å². The quantitative estimate of drug-likeness (QED) is 0.473. The molecular formula is C16H12F4N2O3. The molecule has 0 bridgehead atoms. The van der Waals surface area contributed by atoms with Gasteiger partial charge in [0.25, 0.3) is 5.91 Å². The first kappa shape index (κ1) is 18.2. The first-order valence-electron chi connectivity index (χ1n) is 6.85. The van der Waals surface area contributed by atoms with E-state index in [1.165, 1.54) is 36.4 Å². The van der Waals surface area contributed by atoms with Crippen molar-refractivity contribution < 1.29 is 32.2 Å². The van der Waals surface area contributed by atoms with Crippen LogP contribution in [0.1, 0.15) is 15.9 Å². The summed E-state index contributed by atoms with van der Waals surface area (Å²) in [4.78, 5) is 11.8. The molecule has 0 aromatic heterocycles. The van der Waals surface area contributed by atoms with Crippen LogP contribution in [0.4, 0.5) is 17.6 Å². The molecule has 0 unspecified atom stereocenters. The summed E-state index contributed by atoms with van der Waals surface area (Å²) in [6.45, 7) is 0. The van der Waals surface area contributed by atoms with Crippen LogP contribution in [0, 0.1) is 0 Å². The molecule has 25 heavy (non-hydrogen) atoms. The lowest BCUT2D eigenvalue weighted by atomic mass is 10.2. The molecule has 0 atom stereocenters. The van der Waals surface area contributed by atoms with Crippen molar-refractivity contribution in [2.75, 3.05) is 0 Å². The number of phenolic OH excluding ortho intramolecular Hbond substituents is 1. The van der Waals surface area contributed by atoms with Gasteiger partial charge in [-0.15, -0.1) is 0 Å². The minimum atomic E-state index is -4.61. The van der Waals surface area contributed by atoms with E-state index in [0.29, 0.717) is 0 Å². The van der Waals surface area contributed by atoms with Crippen LogP contribution in [0.3, 0.4) is 0 Å². The van der Waals surface area contributed by atoms with Gasteiger partial charge in [0.15, 0.2) is 0 Å². The van der Waals surface area contributed by atoms with Crippen LogP contribution in [0.25, 0.3) is 0 Å². The largest absolute Gasteiger partial charge is 0.508 e. The molecular weight excluding hydrogens is 344 g/mol. The van der Waals surface area contributed by atoms with Gasteiger partial charge in [0.05, 0.1) is 6.21 Å². The Morgan fingerprint density at radius 1 is 1.20 bits per heavy atom. The molecule has 0 heterocycles. The van der Waals surface area contributed by atoms with Crippen LogP contribution in [-0.4, -0.2) is 29.8 Å². The van der Waals surface area contributed by atoms with Gasteiger partial charge < -0.3 is 9.84 Å². The molecule has 0 saturated heterocycles. The standard InChI is InChI=1S/C16H12F4N2O3/c17-15(18)16(19,20)25-13-3-1-2-10(8-13)9-21-22-14(24)11-4-6-12(23)7-5-11/h1-9,15,23H,(H,22,24)/b21-9+. The summed E-state index contributed by atoms with van der Waals surface area (Å²) in [5.74, 6) is -1.04. The number of aromatic hydroxyl groups is 1. The number of hydrogen-bond donors (Lipinski definition) is 2. The van der Waals surface area contributed by atoms with Gasteiger partial charge in [-0.3, -0.25) is 4.79 Å². The van der Waals surface area contributed by atoms with Gasteiger partial charge in [0, 0.05) is 5.56 Å². The molecule has 2 N–H and O–H groups in total. The minimum absolute atomic E-state index is 0.00235. The fourth-order valence-electron chi connectivity index (χ4n) is 1.70. The van der Waals surface area contributed by atoms with E-state index in [-0.39, 0.29) is 16.9 Å². The minimum Gasteiger partial charge on any atom is -0.508 e. The van der Waals surface area contributed by atoms with Crippen molar-refractivity contribution in [1.29, 1.82) is 0 Å². The van der Waals surface area contributed by atoms with E-state index in [1.807, 2.05) is 0 Å². The first-order chi connectivity index (χ1) is 11.8. The van der Waals surface area contributed by atoms with Crippen molar-refractivity contribution in [3.8, 4) is 11.5 Å². The lowest BCUT2D eigenvalue weighted by Crippen LogP contribution is -2.33. The average molecular weight is 356 g/mol. The maximum Gasteiger partial charge on any atom is 0.461 e. The van der Waals surface area contributed by atoms with Crippen molar-refractivity contribution in [1.82, 2.24) is 5.43 Å². The zero-order chi connectivity index (χ0) is 18.4. The molecule has 0 aliphatic rings. The zero-order valence-electron chi connectivity index (χ0n) is 12.5. The molecule has 2 aromatic carbocycles. The molecule has 0 radical (unpaired) electrons. The van der Waals surface area contributed by atoms with Crippen molar-refractivity contribution in [3.63, 3.8) is 0 Å². The summed E-state index contributed by atoms with van der Waals surface area (Å²) >= 11 is 0. The van der Waals surface area contributed by atoms with Gasteiger partial charge in [-0.25, -0.2) is 5.43 Å². The van der Waals surface area contributed by atoms with Gasteiger partial charge >= 0.3 is 12.5 Å². The topological polar surface area (TPSA) is 70.9 Å². The highest BCUT2D eigenvalue weighted by atomic mass is 19.3. The number of benzene rings is 2. The van der Waals surface area contributed by atoms with Crippen molar-refractivity contribution in [2.45, 2.75) is 12.5 Å². The Labute approximate surface area is 139 Å². The predicted octanol–water partition coefficient (Wildman–Crippen LogP) is 3.39. The van der Waals surface area contributed by atoms with E-state index in [4.69, 9.17) is 5.11 Å². The van der Waals surface area contributed by atoms with E-state index in [1.54, 1.807) is 0 Å². The molecule has 5 nitrogen and oxygen atoms in total. The monoisotopic (exact) mass is 356 g/mol. The van der Waals surface area contributed by atoms with Crippen LogP contribution >= 0.6 is 0 Å². The smallest absolute Gasteiger partial charge is 0.461 e. The maximum atomic E-state index is 12.9. The highest BCUT2D eigenvalue weighted by Gasteiger charge is 2.43. The molecule has 0 fully saturated rings. The Bertz CT molecular complexity index is 764. The highest BCUT2D eigenvalue weighted by molar-refractivity contribution is 5.95. The molecule has 0 aliphatic carbocycles. The summed E-state index contributed by atoms with van der Waals surface area (Å²) < 4.78 is 53.9. The second-order valence-electron chi connectivity index (χ2n) is 4.78. The predicted molar refractivity (Wildman–Crippen MR) is 81.2 cm³/mol. The molecule has 1 amide bonds. The Kier molecular flexibility index (Phi) is 5.58. The maximum absolute atomic E-state index is 12.9. The highest BCUT2D eigenvalue weighted by Crippen LogP contribution is 2.27. The number of rotatable bonds is 6. The Hall–Kier alpha value is -3.10. The number of phenols is 1. The molecule has 132 valence electrons. The van der Waals surface area contributed by atoms with Crippen LogP contribution < -0.4 is 10.2 Å². The van der Waals surface area contributed by atoms with Gasteiger partial charge in [-0.2, -0.15) is 22.7 Å². The molecule has 2 aromatic rings. The lowest BCUT2D eigenvalue weighted by Gasteiger charge is -2.16. The van der Waals surface area contributed by atoms with Crippen LogP contribution in [0.15, 0.2) is 53.6 Å². The van der Waals surface area contributed by atoms with Gasteiger partial charge in [0.2, 0.25) is 0 Å². The van der Waals surface area contributed by atoms with Gasteiger partial charge in [-0.05, 0) is 42.0 Å². The third kappa shape index (κ3) is 5.20.